The fourth-order valence-electron chi connectivity index (χ4n) is 4.01. The number of ether oxygens (including phenoxy) is 1. The third kappa shape index (κ3) is 6.60. The maximum Gasteiger partial charge on any atom is 0.252 e. The predicted molar refractivity (Wildman–Crippen MR) is 142 cm³/mol. The molecule has 3 aromatic rings. The molecule has 0 spiro atoms. The number of hydrogen-bond donors (Lipinski definition) is 5. The summed E-state index contributed by atoms with van der Waals surface area (Å²) in [6.45, 7) is 2.29. The van der Waals surface area contributed by atoms with Gasteiger partial charge in [-0.3, -0.25) is 25.1 Å². The third-order valence-corrected chi connectivity index (χ3v) is 7.03. The smallest absolute Gasteiger partial charge is 0.252 e. The van der Waals surface area contributed by atoms with E-state index in [2.05, 4.69) is 16.0 Å². The van der Waals surface area contributed by atoms with Crippen molar-refractivity contribution in [1.82, 2.24) is 16.0 Å². The second kappa shape index (κ2) is 11.4. The van der Waals surface area contributed by atoms with E-state index in [1.165, 1.54) is 11.3 Å². The summed E-state index contributed by atoms with van der Waals surface area (Å²) in [7, 11) is 0. The highest BCUT2D eigenvalue weighted by Crippen LogP contribution is 2.24. The van der Waals surface area contributed by atoms with Crippen molar-refractivity contribution in [2.75, 3.05) is 6.54 Å². The van der Waals surface area contributed by atoms with E-state index in [0.717, 1.165) is 11.3 Å². The molecule has 2 heterocycles. The van der Waals surface area contributed by atoms with Crippen LogP contribution in [0.25, 0.3) is 0 Å². The average Bonchev–Trinajstić information content (AvgIpc) is 3.58. The Bertz CT molecular complexity index is 1290. The van der Waals surface area contributed by atoms with Crippen LogP contribution in [0.5, 0.6) is 11.5 Å². The standard InChI is InChI=1S/C27H29N5O4S/c1-27(15-21-14-18(16-37-21)23(28)29,26(35)31-25(34)22-8-5-13-30-22)32-24(33)17-9-11-20(12-10-17)36-19-6-3-2-4-7-19/h2-4,6-7,9-12,14,16,22,30H,5,8,13,15H2,1H3,(H3,28,29)(H,32,33)(H,31,34,35)/t22-,27-/m0/s1. The Kier molecular flexibility index (Phi) is 8.00. The molecule has 4 rings (SSSR count). The molecule has 3 amide bonds. The maximum atomic E-state index is 13.3. The molecule has 1 saturated heterocycles. The Morgan fingerprint density at radius 1 is 1.11 bits per heavy atom. The van der Waals surface area contributed by atoms with E-state index in [1.807, 2.05) is 30.3 Å². The largest absolute Gasteiger partial charge is 0.457 e. The van der Waals surface area contributed by atoms with Gasteiger partial charge in [0.2, 0.25) is 5.91 Å². The number of nitrogens with two attached hydrogens (primary N) is 1. The number of para-hydroxylation sites is 1. The van der Waals surface area contributed by atoms with Crippen molar-refractivity contribution in [3.8, 4) is 11.5 Å². The summed E-state index contributed by atoms with van der Waals surface area (Å²) in [5.41, 5.74) is 5.01. The van der Waals surface area contributed by atoms with Crippen LogP contribution in [0.2, 0.25) is 0 Å². The quantitative estimate of drug-likeness (QED) is 0.217. The van der Waals surface area contributed by atoms with Gasteiger partial charge in [0.1, 0.15) is 22.9 Å². The molecule has 1 aliphatic heterocycles. The molecule has 2 aromatic carbocycles. The zero-order chi connectivity index (χ0) is 26.4. The lowest BCUT2D eigenvalue weighted by molar-refractivity contribution is -0.134. The molecule has 10 heteroatoms. The lowest BCUT2D eigenvalue weighted by Gasteiger charge is -2.29. The summed E-state index contributed by atoms with van der Waals surface area (Å²) in [5.74, 6) is -0.349. The van der Waals surface area contributed by atoms with Gasteiger partial charge in [0.25, 0.3) is 11.8 Å². The van der Waals surface area contributed by atoms with Crippen LogP contribution in [0.3, 0.4) is 0 Å². The molecule has 1 aliphatic rings. The summed E-state index contributed by atoms with van der Waals surface area (Å²) >= 11 is 1.33. The fourth-order valence-corrected chi connectivity index (χ4v) is 5.05. The van der Waals surface area contributed by atoms with Crippen molar-refractivity contribution in [3.05, 3.63) is 82.0 Å². The summed E-state index contributed by atoms with van der Waals surface area (Å²) in [4.78, 5) is 39.9. The normalized spacial score (nSPS) is 16.4. The zero-order valence-corrected chi connectivity index (χ0v) is 21.2. The van der Waals surface area contributed by atoms with E-state index >= 15 is 0 Å². The Labute approximate surface area is 218 Å². The number of carbonyl (C=O) groups is 3. The van der Waals surface area contributed by atoms with Gasteiger partial charge in [0.05, 0.1) is 6.04 Å². The number of rotatable bonds is 9. The molecule has 2 atom stereocenters. The number of hydrogen-bond acceptors (Lipinski definition) is 7. The number of thiophene rings is 1. The first-order valence-corrected chi connectivity index (χ1v) is 12.8. The molecular weight excluding hydrogens is 490 g/mol. The second-order valence-electron chi connectivity index (χ2n) is 9.09. The highest BCUT2D eigenvalue weighted by atomic mass is 32.1. The molecule has 0 radical (unpaired) electrons. The lowest BCUT2D eigenvalue weighted by Crippen LogP contribution is -2.60. The summed E-state index contributed by atoms with van der Waals surface area (Å²) in [6, 6.07) is 17.1. The fraction of sp³-hybridized carbons (Fsp3) is 0.259. The molecule has 1 aromatic heterocycles. The first kappa shape index (κ1) is 26.1. The number of amides is 3. The number of amidine groups is 1. The summed E-state index contributed by atoms with van der Waals surface area (Å²) in [6.07, 6.45) is 1.61. The van der Waals surface area contributed by atoms with Crippen LogP contribution in [0, 0.1) is 5.41 Å². The van der Waals surface area contributed by atoms with Gasteiger partial charge in [0.15, 0.2) is 0 Å². The van der Waals surface area contributed by atoms with Gasteiger partial charge in [-0.05, 0) is 68.8 Å². The van der Waals surface area contributed by atoms with E-state index in [4.69, 9.17) is 15.9 Å². The number of benzene rings is 2. The molecule has 0 unspecified atom stereocenters. The van der Waals surface area contributed by atoms with Gasteiger partial charge in [-0.2, -0.15) is 0 Å². The van der Waals surface area contributed by atoms with E-state index in [0.29, 0.717) is 35.6 Å². The predicted octanol–water partition coefficient (Wildman–Crippen LogP) is 2.95. The van der Waals surface area contributed by atoms with E-state index in [9.17, 15) is 14.4 Å². The first-order chi connectivity index (χ1) is 17.7. The van der Waals surface area contributed by atoms with Crippen LogP contribution in [0.15, 0.2) is 66.0 Å². The third-order valence-electron chi connectivity index (χ3n) is 6.09. The molecule has 0 saturated carbocycles. The summed E-state index contributed by atoms with van der Waals surface area (Å²) in [5, 5.41) is 17.7. The Morgan fingerprint density at radius 3 is 2.43 bits per heavy atom. The van der Waals surface area contributed by atoms with E-state index in [-0.39, 0.29) is 12.3 Å². The van der Waals surface area contributed by atoms with Gasteiger partial charge in [-0.15, -0.1) is 11.3 Å². The molecule has 192 valence electrons. The second-order valence-corrected chi connectivity index (χ2v) is 10.1. The van der Waals surface area contributed by atoms with Crippen LogP contribution in [-0.2, 0) is 16.0 Å². The minimum absolute atomic E-state index is 0.0852. The lowest BCUT2D eigenvalue weighted by atomic mass is 9.94. The van der Waals surface area contributed by atoms with Gasteiger partial charge >= 0.3 is 0 Å². The Hall–Kier alpha value is -4.02. The maximum absolute atomic E-state index is 13.3. The number of imide groups is 1. The van der Waals surface area contributed by atoms with Crippen molar-refractivity contribution in [3.63, 3.8) is 0 Å². The highest BCUT2D eigenvalue weighted by Gasteiger charge is 2.38. The van der Waals surface area contributed by atoms with Crippen molar-refractivity contribution >= 4 is 34.9 Å². The molecule has 0 bridgehead atoms. The van der Waals surface area contributed by atoms with Gasteiger partial charge < -0.3 is 21.1 Å². The Morgan fingerprint density at radius 2 is 1.81 bits per heavy atom. The number of nitrogen functional groups attached to an aromatic ring is 1. The van der Waals surface area contributed by atoms with E-state index in [1.54, 1.807) is 42.6 Å². The van der Waals surface area contributed by atoms with Gasteiger partial charge in [-0.25, -0.2) is 0 Å². The minimum atomic E-state index is -1.44. The zero-order valence-electron chi connectivity index (χ0n) is 20.4. The molecule has 0 aliphatic carbocycles. The minimum Gasteiger partial charge on any atom is -0.457 e. The average molecular weight is 520 g/mol. The molecular formula is C27H29N5O4S. The molecule has 1 fully saturated rings. The summed E-state index contributed by atoms with van der Waals surface area (Å²) < 4.78 is 5.78. The van der Waals surface area contributed by atoms with Crippen LogP contribution in [0.4, 0.5) is 0 Å². The number of carbonyl (C=O) groups excluding carboxylic acids is 3. The first-order valence-electron chi connectivity index (χ1n) is 11.9. The van der Waals surface area contributed by atoms with Gasteiger partial charge in [-0.1, -0.05) is 18.2 Å². The Balaban J connectivity index is 1.51. The molecule has 6 N–H and O–H groups in total. The molecule has 37 heavy (non-hydrogen) atoms. The van der Waals surface area contributed by atoms with Crippen molar-refractivity contribution < 1.29 is 19.1 Å². The van der Waals surface area contributed by atoms with Crippen LogP contribution in [-0.4, -0.2) is 41.7 Å². The monoisotopic (exact) mass is 519 g/mol. The van der Waals surface area contributed by atoms with Gasteiger partial charge in [0, 0.05) is 27.8 Å². The highest BCUT2D eigenvalue weighted by molar-refractivity contribution is 7.10. The van der Waals surface area contributed by atoms with Crippen LogP contribution in [0.1, 0.15) is 40.6 Å². The topological polar surface area (TPSA) is 146 Å². The number of nitrogens with one attached hydrogen (secondary N) is 4. The van der Waals surface area contributed by atoms with Crippen molar-refractivity contribution in [1.29, 1.82) is 5.41 Å². The van der Waals surface area contributed by atoms with Crippen molar-refractivity contribution in [2.45, 2.75) is 37.8 Å². The van der Waals surface area contributed by atoms with E-state index < -0.39 is 29.3 Å². The van der Waals surface area contributed by atoms with Crippen LogP contribution >= 0.6 is 11.3 Å². The van der Waals surface area contributed by atoms with Crippen LogP contribution < -0.4 is 26.4 Å². The molecule has 9 nitrogen and oxygen atoms in total. The SMILES string of the molecule is C[C@@](Cc1cc(C(=N)N)cs1)(NC(=O)c1ccc(Oc2ccccc2)cc1)C(=O)NC(=O)[C@@H]1CCCN1. The van der Waals surface area contributed by atoms with Crippen molar-refractivity contribution in [2.24, 2.45) is 5.73 Å².